The van der Waals surface area contributed by atoms with Gasteiger partial charge in [0.1, 0.15) is 12.7 Å². The Labute approximate surface area is 134 Å². The van der Waals surface area contributed by atoms with Gasteiger partial charge in [0.15, 0.2) is 0 Å². The molecule has 0 atom stereocenters. The van der Waals surface area contributed by atoms with Crippen molar-refractivity contribution in [2.45, 2.75) is 19.4 Å². The van der Waals surface area contributed by atoms with Crippen LogP contribution in [0.1, 0.15) is 28.8 Å². The number of primary amides is 1. The molecule has 3 rings (SSSR count). The summed E-state index contributed by atoms with van der Waals surface area (Å²) in [4.78, 5) is 29.3. The summed E-state index contributed by atoms with van der Waals surface area (Å²) in [7, 11) is 0. The maximum atomic E-state index is 12.5. The number of hydrogen-bond acceptors (Lipinski definition) is 4. The van der Waals surface area contributed by atoms with Gasteiger partial charge in [0.05, 0.1) is 6.54 Å². The Morgan fingerprint density at radius 2 is 1.87 bits per heavy atom. The lowest BCUT2D eigenvalue weighted by atomic mass is 9.96. The van der Waals surface area contributed by atoms with Crippen molar-refractivity contribution in [2.75, 3.05) is 13.1 Å². The average molecular weight is 313 g/mol. The molecule has 0 aliphatic carbocycles. The van der Waals surface area contributed by atoms with Crippen molar-refractivity contribution in [1.82, 2.24) is 19.7 Å². The minimum atomic E-state index is -0.269. The van der Waals surface area contributed by atoms with Crippen LogP contribution in [0, 0.1) is 5.92 Å². The lowest BCUT2D eigenvalue weighted by molar-refractivity contribution is -0.123. The molecular formula is C16H19N5O2. The summed E-state index contributed by atoms with van der Waals surface area (Å²) >= 11 is 0. The number of hydrogen-bond donors (Lipinski definition) is 1. The molecule has 7 nitrogen and oxygen atoms in total. The third-order valence-electron chi connectivity index (χ3n) is 4.20. The Morgan fingerprint density at radius 3 is 2.43 bits per heavy atom. The zero-order valence-electron chi connectivity index (χ0n) is 12.8. The van der Waals surface area contributed by atoms with Gasteiger partial charge in [0.2, 0.25) is 5.91 Å². The first-order valence-corrected chi connectivity index (χ1v) is 7.63. The normalized spacial score (nSPS) is 15.6. The van der Waals surface area contributed by atoms with Crippen molar-refractivity contribution < 1.29 is 9.59 Å². The average Bonchev–Trinajstić information content (AvgIpc) is 3.08. The van der Waals surface area contributed by atoms with Crippen LogP contribution >= 0.6 is 0 Å². The standard InChI is InChI=1S/C16H19N5O2/c17-15(22)13-5-7-20(8-6-13)16(23)14-3-1-12(2-4-14)9-21-11-18-10-19-21/h1-4,10-11,13H,5-9H2,(H2,17,22). The number of piperidine rings is 1. The summed E-state index contributed by atoms with van der Waals surface area (Å²) in [6.07, 6.45) is 4.44. The maximum Gasteiger partial charge on any atom is 0.253 e. The molecule has 0 unspecified atom stereocenters. The second-order valence-electron chi connectivity index (χ2n) is 5.76. The summed E-state index contributed by atoms with van der Waals surface area (Å²) in [5.41, 5.74) is 7.03. The van der Waals surface area contributed by atoms with E-state index in [4.69, 9.17) is 5.73 Å². The number of carbonyl (C=O) groups excluding carboxylic acids is 2. The molecule has 1 aromatic heterocycles. The van der Waals surface area contributed by atoms with Gasteiger partial charge in [-0.3, -0.25) is 9.59 Å². The minimum Gasteiger partial charge on any atom is -0.369 e. The van der Waals surface area contributed by atoms with E-state index >= 15 is 0 Å². The molecule has 1 aliphatic rings. The Kier molecular flexibility index (Phi) is 4.36. The molecule has 1 aromatic carbocycles. The molecule has 23 heavy (non-hydrogen) atoms. The molecule has 2 heterocycles. The SMILES string of the molecule is NC(=O)C1CCN(C(=O)c2ccc(Cn3cncn3)cc2)CC1. The van der Waals surface area contributed by atoms with Crippen LogP contribution in [0.2, 0.25) is 0 Å². The molecule has 7 heteroatoms. The fourth-order valence-corrected chi connectivity index (χ4v) is 2.80. The number of nitrogens with zero attached hydrogens (tertiary/aromatic N) is 4. The molecule has 2 N–H and O–H groups in total. The van der Waals surface area contributed by atoms with E-state index in [1.807, 2.05) is 24.3 Å². The number of nitrogens with two attached hydrogens (primary N) is 1. The van der Waals surface area contributed by atoms with E-state index in [1.54, 1.807) is 15.9 Å². The van der Waals surface area contributed by atoms with Gasteiger partial charge in [0, 0.05) is 24.6 Å². The summed E-state index contributed by atoms with van der Waals surface area (Å²) in [5.74, 6) is -0.376. The van der Waals surface area contributed by atoms with E-state index in [2.05, 4.69) is 10.1 Å². The van der Waals surface area contributed by atoms with Crippen LogP contribution in [0.5, 0.6) is 0 Å². The van der Waals surface area contributed by atoms with E-state index in [-0.39, 0.29) is 17.7 Å². The summed E-state index contributed by atoms with van der Waals surface area (Å²) in [6, 6.07) is 7.50. The maximum absolute atomic E-state index is 12.5. The molecule has 0 bridgehead atoms. The number of rotatable bonds is 4. The smallest absolute Gasteiger partial charge is 0.253 e. The third kappa shape index (κ3) is 3.56. The summed E-state index contributed by atoms with van der Waals surface area (Å²) in [5, 5.41) is 4.06. The fraction of sp³-hybridized carbons (Fsp3) is 0.375. The fourth-order valence-electron chi connectivity index (χ4n) is 2.80. The lowest BCUT2D eigenvalue weighted by Gasteiger charge is -2.30. The Hall–Kier alpha value is -2.70. The summed E-state index contributed by atoms with van der Waals surface area (Å²) in [6.45, 7) is 1.78. The first-order chi connectivity index (χ1) is 11.1. The molecule has 1 saturated heterocycles. The highest BCUT2D eigenvalue weighted by atomic mass is 16.2. The van der Waals surface area contributed by atoms with Crippen molar-refractivity contribution in [1.29, 1.82) is 0 Å². The van der Waals surface area contributed by atoms with E-state index in [0.717, 1.165) is 5.56 Å². The van der Waals surface area contributed by atoms with Gasteiger partial charge in [-0.2, -0.15) is 5.10 Å². The molecule has 0 saturated carbocycles. The Balaban J connectivity index is 1.61. The molecule has 0 radical (unpaired) electrons. The number of amides is 2. The van der Waals surface area contributed by atoms with E-state index in [1.165, 1.54) is 6.33 Å². The van der Waals surface area contributed by atoms with E-state index in [9.17, 15) is 9.59 Å². The first kappa shape index (κ1) is 15.2. The molecular weight excluding hydrogens is 294 g/mol. The van der Waals surface area contributed by atoms with Crippen molar-refractivity contribution in [2.24, 2.45) is 11.7 Å². The van der Waals surface area contributed by atoms with Crippen LogP contribution in [-0.4, -0.2) is 44.6 Å². The zero-order chi connectivity index (χ0) is 16.2. The Morgan fingerprint density at radius 1 is 1.17 bits per heavy atom. The predicted octanol–water partition coefficient (Wildman–Crippen LogP) is 0.664. The molecule has 0 spiro atoms. The van der Waals surface area contributed by atoms with Crippen LogP contribution in [-0.2, 0) is 11.3 Å². The van der Waals surface area contributed by atoms with Crippen LogP contribution in [0.25, 0.3) is 0 Å². The van der Waals surface area contributed by atoms with Crippen molar-refractivity contribution >= 4 is 11.8 Å². The van der Waals surface area contributed by atoms with Gasteiger partial charge < -0.3 is 10.6 Å². The van der Waals surface area contributed by atoms with E-state index in [0.29, 0.717) is 38.0 Å². The number of carbonyl (C=O) groups is 2. The quantitative estimate of drug-likeness (QED) is 0.897. The van der Waals surface area contributed by atoms with Gasteiger partial charge in [-0.25, -0.2) is 9.67 Å². The molecule has 2 amide bonds. The number of likely N-dealkylation sites (tertiary alicyclic amines) is 1. The van der Waals surface area contributed by atoms with Crippen LogP contribution < -0.4 is 5.73 Å². The predicted molar refractivity (Wildman–Crippen MR) is 83.4 cm³/mol. The minimum absolute atomic E-state index is 0.000209. The third-order valence-corrected chi connectivity index (χ3v) is 4.20. The highest BCUT2D eigenvalue weighted by Gasteiger charge is 2.26. The van der Waals surface area contributed by atoms with Gasteiger partial charge in [0.25, 0.3) is 5.91 Å². The monoisotopic (exact) mass is 313 g/mol. The van der Waals surface area contributed by atoms with Gasteiger partial charge in [-0.1, -0.05) is 12.1 Å². The topological polar surface area (TPSA) is 94.1 Å². The van der Waals surface area contributed by atoms with Crippen molar-refractivity contribution in [3.63, 3.8) is 0 Å². The van der Waals surface area contributed by atoms with Crippen LogP contribution in [0.3, 0.4) is 0 Å². The summed E-state index contributed by atoms with van der Waals surface area (Å²) < 4.78 is 1.73. The van der Waals surface area contributed by atoms with Gasteiger partial charge >= 0.3 is 0 Å². The van der Waals surface area contributed by atoms with Crippen LogP contribution in [0.15, 0.2) is 36.9 Å². The molecule has 1 fully saturated rings. The number of aromatic nitrogens is 3. The van der Waals surface area contributed by atoms with E-state index < -0.39 is 0 Å². The Bertz CT molecular complexity index is 673. The second-order valence-corrected chi connectivity index (χ2v) is 5.76. The zero-order valence-corrected chi connectivity index (χ0v) is 12.8. The largest absolute Gasteiger partial charge is 0.369 e. The van der Waals surface area contributed by atoms with Crippen molar-refractivity contribution in [3.05, 3.63) is 48.0 Å². The highest BCUT2D eigenvalue weighted by molar-refractivity contribution is 5.94. The van der Waals surface area contributed by atoms with Crippen LogP contribution in [0.4, 0.5) is 0 Å². The molecule has 120 valence electrons. The van der Waals surface area contributed by atoms with Crippen molar-refractivity contribution in [3.8, 4) is 0 Å². The number of benzene rings is 1. The first-order valence-electron chi connectivity index (χ1n) is 7.63. The van der Waals surface area contributed by atoms with Gasteiger partial charge in [-0.15, -0.1) is 0 Å². The second kappa shape index (κ2) is 6.60. The molecule has 2 aromatic rings. The highest BCUT2D eigenvalue weighted by Crippen LogP contribution is 2.19. The van der Waals surface area contributed by atoms with Gasteiger partial charge in [-0.05, 0) is 30.5 Å². The molecule has 1 aliphatic heterocycles. The lowest BCUT2D eigenvalue weighted by Crippen LogP contribution is -2.41.